The first-order valence-electron chi connectivity index (χ1n) is 10.1. The molecule has 3 aromatic rings. The number of imidazole rings is 1. The van der Waals surface area contributed by atoms with Crippen molar-refractivity contribution in [2.45, 2.75) is 51.5 Å². The van der Waals surface area contributed by atoms with E-state index in [0.717, 1.165) is 18.7 Å². The molecular weight excluding hydrogens is 336 g/mol. The zero-order chi connectivity index (χ0) is 18.4. The van der Waals surface area contributed by atoms with Gasteiger partial charge in [0.2, 0.25) is 0 Å². The summed E-state index contributed by atoms with van der Waals surface area (Å²) >= 11 is 0. The molecule has 1 aromatic carbocycles. The minimum Gasteiger partial charge on any atom is -0.356 e. The van der Waals surface area contributed by atoms with Crippen molar-refractivity contribution >= 4 is 16.8 Å². The molecule has 0 bridgehead atoms. The number of carbonyl (C=O) groups excluding carboxylic acids is 1. The van der Waals surface area contributed by atoms with Crippen LogP contribution in [0.5, 0.6) is 0 Å². The molecule has 3 heterocycles. The number of rotatable bonds is 2. The van der Waals surface area contributed by atoms with Gasteiger partial charge in [0.15, 0.2) is 5.82 Å². The first kappa shape index (κ1) is 16.6. The van der Waals surface area contributed by atoms with Gasteiger partial charge < -0.3 is 14.9 Å². The fourth-order valence-electron chi connectivity index (χ4n) is 5.10. The monoisotopic (exact) mass is 362 g/mol. The lowest BCUT2D eigenvalue weighted by Gasteiger charge is -2.41. The van der Waals surface area contributed by atoms with E-state index in [1.165, 1.54) is 54.3 Å². The van der Waals surface area contributed by atoms with E-state index >= 15 is 0 Å². The molecule has 2 aromatic heterocycles. The number of amides is 1. The molecule has 2 aliphatic rings. The molecule has 0 saturated heterocycles. The van der Waals surface area contributed by atoms with E-state index in [-0.39, 0.29) is 11.9 Å². The van der Waals surface area contributed by atoms with Crippen molar-refractivity contribution in [3.05, 3.63) is 53.2 Å². The number of nitrogens with zero attached hydrogens (tertiary/aromatic N) is 2. The molecule has 5 rings (SSSR count). The van der Waals surface area contributed by atoms with Crippen LogP contribution in [0.25, 0.3) is 10.9 Å². The molecule has 1 aliphatic carbocycles. The van der Waals surface area contributed by atoms with Crippen LogP contribution in [-0.2, 0) is 6.42 Å². The fourth-order valence-corrected chi connectivity index (χ4v) is 5.10. The number of fused-ring (bicyclic) bond motifs is 3. The second-order valence-corrected chi connectivity index (χ2v) is 8.07. The van der Waals surface area contributed by atoms with Gasteiger partial charge in [-0.05, 0) is 43.7 Å². The number of hydrogen-bond acceptors (Lipinski definition) is 2. The Morgan fingerprint density at radius 2 is 1.96 bits per heavy atom. The third-order valence-electron chi connectivity index (χ3n) is 6.34. The van der Waals surface area contributed by atoms with Gasteiger partial charge in [-0.15, -0.1) is 0 Å². The topological polar surface area (TPSA) is 64.8 Å². The normalized spacial score (nSPS) is 20.8. The fraction of sp³-hybridized carbons (Fsp3) is 0.455. The van der Waals surface area contributed by atoms with E-state index in [1.807, 2.05) is 6.92 Å². The van der Waals surface area contributed by atoms with Crippen molar-refractivity contribution < 1.29 is 4.79 Å². The number of benzene rings is 1. The van der Waals surface area contributed by atoms with Crippen molar-refractivity contribution in [1.29, 1.82) is 0 Å². The standard InChI is InChI=1S/C22H26N4O/c1-14-13-23-21(24-14)22(27)26-12-11-17-16-9-5-6-10-18(16)25-19(17)20(26)15-7-3-2-4-8-15/h5-6,9-10,13,15,20,25H,2-4,7-8,11-12H2,1H3,(H,23,24). The summed E-state index contributed by atoms with van der Waals surface area (Å²) in [6.45, 7) is 2.70. The quantitative estimate of drug-likeness (QED) is 0.704. The van der Waals surface area contributed by atoms with Crippen LogP contribution in [0.1, 0.15) is 65.7 Å². The first-order chi connectivity index (χ1) is 13.2. The average Bonchev–Trinajstić information content (AvgIpc) is 3.30. The number of aryl methyl sites for hydroxylation is 1. The van der Waals surface area contributed by atoms with Crippen LogP contribution in [0.4, 0.5) is 0 Å². The molecule has 0 radical (unpaired) electrons. The van der Waals surface area contributed by atoms with Crippen LogP contribution in [0.3, 0.4) is 0 Å². The van der Waals surface area contributed by atoms with E-state index in [1.54, 1.807) is 6.20 Å². The lowest BCUT2D eigenvalue weighted by molar-refractivity contribution is 0.0522. The highest BCUT2D eigenvalue weighted by molar-refractivity contribution is 5.92. The number of hydrogen-bond donors (Lipinski definition) is 2. The maximum Gasteiger partial charge on any atom is 0.290 e. The summed E-state index contributed by atoms with van der Waals surface area (Å²) in [5, 5.41) is 1.31. The molecule has 2 N–H and O–H groups in total. The Labute approximate surface area is 159 Å². The summed E-state index contributed by atoms with van der Waals surface area (Å²) in [6.07, 6.45) is 8.86. The highest BCUT2D eigenvalue weighted by Gasteiger charge is 2.39. The van der Waals surface area contributed by atoms with Crippen LogP contribution in [0.15, 0.2) is 30.5 Å². The molecular formula is C22H26N4O. The SMILES string of the molecule is Cc1cnc(C(=O)N2CCc3c([nH]c4ccccc34)C2C2CCCCC2)[nH]1. The van der Waals surface area contributed by atoms with Gasteiger partial charge in [0.1, 0.15) is 0 Å². The number of H-pyrrole nitrogens is 2. The van der Waals surface area contributed by atoms with Crippen LogP contribution in [0, 0.1) is 12.8 Å². The van der Waals surface area contributed by atoms with Gasteiger partial charge in [-0.2, -0.15) is 0 Å². The molecule has 1 amide bonds. The second kappa shape index (κ2) is 6.55. The Balaban J connectivity index is 1.59. The Hall–Kier alpha value is -2.56. The first-order valence-corrected chi connectivity index (χ1v) is 10.1. The Morgan fingerprint density at radius 1 is 1.15 bits per heavy atom. The number of para-hydroxylation sites is 1. The minimum atomic E-state index is 0.0305. The van der Waals surface area contributed by atoms with Gasteiger partial charge in [0.25, 0.3) is 5.91 Å². The molecule has 5 nitrogen and oxygen atoms in total. The molecule has 27 heavy (non-hydrogen) atoms. The summed E-state index contributed by atoms with van der Waals surface area (Å²) < 4.78 is 0. The van der Waals surface area contributed by atoms with Gasteiger partial charge >= 0.3 is 0 Å². The zero-order valence-corrected chi connectivity index (χ0v) is 15.8. The highest BCUT2D eigenvalue weighted by atomic mass is 16.2. The number of aromatic amines is 2. The van der Waals surface area contributed by atoms with E-state index in [0.29, 0.717) is 11.7 Å². The molecule has 140 valence electrons. The highest BCUT2D eigenvalue weighted by Crippen LogP contribution is 2.43. The van der Waals surface area contributed by atoms with Crippen LogP contribution in [0.2, 0.25) is 0 Å². The summed E-state index contributed by atoms with van der Waals surface area (Å²) in [4.78, 5) is 26.5. The summed E-state index contributed by atoms with van der Waals surface area (Å²) in [5.74, 6) is 1.02. The van der Waals surface area contributed by atoms with Gasteiger partial charge in [-0.1, -0.05) is 37.5 Å². The van der Waals surface area contributed by atoms with Gasteiger partial charge in [-0.3, -0.25) is 4.79 Å². The molecule has 1 aliphatic heterocycles. The largest absolute Gasteiger partial charge is 0.356 e. The maximum absolute atomic E-state index is 13.3. The third-order valence-corrected chi connectivity index (χ3v) is 6.34. The predicted octanol–water partition coefficient (Wildman–Crippen LogP) is 4.52. The Morgan fingerprint density at radius 3 is 2.74 bits per heavy atom. The van der Waals surface area contributed by atoms with E-state index in [9.17, 15) is 4.79 Å². The van der Waals surface area contributed by atoms with E-state index in [4.69, 9.17) is 0 Å². The third kappa shape index (κ3) is 2.76. The van der Waals surface area contributed by atoms with Crippen molar-refractivity contribution in [2.24, 2.45) is 5.92 Å². The number of carbonyl (C=O) groups is 1. The van der Waals surface area contributed by atoms with Crippen molar-refractivity contribution in [3.63, 3.8) is 0 Å². The van der Waals surface area contributed by atoms with Crippen molar-refractivity contribution in [2.75, 3.05) is 6.54 Å². The lowest BCUT2D eigenvalue weighted by atomic mass is 9.79. The van der Waals surface area contributed by atoms with E-state index in [2.05, 4.69) is 44.1 Å². The van der Waals surface area contributed by atoms with Gasteiger partial charge in [0.05, 0.1) is 6.04 Å². The molecule has 1 fully saturated rings. The Bertz CT molecular complexity index is 979. The van der Waals surface area contributed by atoms with E-state index < -0.39 is 0 Å². The molecule has 1 unspecified atom stereocenters. The van der Waals surface area contributed by atoms with Crippen LogP contribution >= 0.6 is 0 Å². The molecule has 1 saturated carbocycles. The van der Waals surface area contributed by atoms with Crippen molar-refractivity contribution in [1.82, 2.24) is 19.9 Å². The lowest BCUT2D eigenvalue weighted by Crippen LogP contribution is -2.44. The maximum atomic E-state index is 13.3. The molecule has 0 spiro atoms. The summed E-state index contributed by atoms with van der Waals surface area (Å²) in [6, 6.07) is 8.66. The Kier molecular flexibility index (Phi) is 4.03. The second-order valence-electron chi connectivity index (χ2n) is 8.07. The number of nitrogens with one attached hydrogen (secondary N) is 2. The molecule has 5 heteroatoms. The summed E-state index contributed by atoms with van der Waals surface area (Å²) in [5.41, 5.74) is 4.77. The molecule has 1 atom stereocenters. The smallest absolute Gasteiger partial charge is 0.290 e. The minimum absolute atomic E-state index is 0.0305. The average molecular weight is 362 g/mol. The van der Waals surface area contributed by atoms with Crippen molar-refractivity contribution in [3.8, 4) is 0 Å². The van der Waals surface area contributed by atoms with Gasteiger partial charge in [-0.25, -0.2) is 4.98 Å². The van der Waals surface area contributed by atoms with Crippen LogP contribution in [-0.4, -0.2) is 32.3 Å². The van der Waals surface area contributed by atoms with Gasteiger partial charge in [0, 0.05) is 35.0 Å². The predicted molar refractivity (Wildman–Crippen MR) is 106 cm³/mol. The summed E-state index contributed by atoms with van der Waals surface area (Å²) in [7, 11) is 0. The number of aromatic nitrogens is 3. The zero-order valence-electron chi connectivity index (χ0n) is 15.8. The van der Waals surface area contributed by atoms with Crippen LogP contribution < -0.4 is 0 Å².